The highest BCUT2D eigenvalue weighted by Gasteiger charge is 2.23. The van der Waals surface area contributed by atoms with Crippen molar-refractivity contribution in [3.8, 4) is 0 Å². The van der Waals surface area contributed by atoms with E-state index >= 15 is 0 Å². The quantitative estimate of drug-likeness (QED) is 0.0274. The first kappa shape index (κ1) is 57.4. The second-order valence-electron chi connectivity index (χ2n) is 16.7. The monoisotopic (exact) mass is 857 g/mol. The van der Waals surface area contributed by atoms with Gasteiger partial charge in [-0.05, 0) is 70.6 Å². The van der Waals surface area contributed by atoms with Crippen molar-refractivity contribution in [2.45, 2.75) is 180 Å². The zero-order chi connectivity index (χ0) is 44.3. The normalized spacial score (nSPS) is 15.1. The smallest absolute Gasteiger partial charge is 0.268 e. The van der Waals surface area contributed by atoms with Gasteiger partial charge in [-0.3, -0.25) is 9.36 Å². The second kappa shape index (κ2) is 41.8. The number of phosphoric ester groups is 1. The van der Waals surface area contributed by atoms with E-state index in [1.165, 1.54) is 70.6 Å². The number of unbranched alkanes of at least 4 members (excludes halogenated alkanes) is 14. The molecule has 3 unspecified atom stereocenters. The highest BCUT2D eigenvalue weighted by molar-refractivity contribution is 7.45. The van der Waals surface area contributed by atoms with Gasteiger partial charge in [-0.2, -0.15) is 0 Å². The van der Waals surface area contributed by atoms with Gasteiger partial charge in [0.2, 0.25) is 5.91 Å². The summed E-state index contributed by atoms with van der Waals surface area (Å²) < 4.78 is 23.2. The fraction of sp³-hybridized carbons (Fsp3) is 0.667. The van der Waals surface area contributed by atoms with E-state index in [-0.39, 0.29) is 18.9 Å². The van der Waals surface area contributed by atoms with Gasteiger partial charge in [-0.25, -0.2) is 0 Å². The van der Waals surface area contributed by atoms with Crippen LogP contribution in [0.4, 0.5) is 0 Å². The van der Waals surface area contributed by atoms with Crippen LogP contribution in [0.3, 0.4) is 0 Å². The lowest BCUT2D eigenvalue weighted by Crippen LogP contribution is -2.45. The van der Waals surface area contributed by atoms with Crippen LogP contribution in [0, 0.1) is 0 Å². The number of aliphatic hydroxyl groups is 1. The number of phosphoric acid groups is 1. The van der Waals surface area contributed by atoms with Crippen molar-refractivity contribution in [3.05, 3.63) is 97.2 Å². The minimum absolute atomic E-state index is 0.0174. The van der Waals surface area contributed by atoms with Crippen LogP contribution < -0.4 is 10.2 Å². The number of hydrogen-bond acceptors (Lipinski definition) is 6. The van der Waals surface area contributed by atoms with E-state index in [0.29, 0.717) is 17.4 Å². The predicted octanol–water partition coefficient (Wildman–Crippen LogP) is 12.9. The van der Waals surface area contributed by atoms with Crippen molar-refractivity contribution in [3.63, 3.8) is 0 Å². The minimum Gasteiger partial charge on any atom is -0.756 e. The van der Waals surface area contributed by atoms with Gasteiger partial charge in [0, 0.05) is 6.42 Å². The van der Waals surface area contributed by atoms with Gasteiger partial charge in [0.25, 0.3) is 7.82 Å². The fourth-order valence-electron chi connectivity index (χ4n) is 6.08. The number of amides is 1. The Morgan fingerprint density at radius 2 is 1.02 bits per heavy atom. The van der Waals surface area contributed by atoms with Gasteiger partial charge in [-0.1, -0.05) is 188 Å². The van der Waals surface area contributed by atoms with Crippen molar-refractivity contribution in [1.82, 2.24) is 5.32 Å². The van der Waals surface area contributed by atoms with E-state index in [1.807, 2.05) is 27.2 Å². The van der Waals surface area contributed by atoms with E-state index in [0.717, 1.165) is 70.6 Å². The topological polar surface area (TPSA) is 108 Å². The molecule has 0 aromatic carbocycles. The zero-order valence-corrected chi connectivity index (χ0v) is 39.8. The Bertz CT molecular complexity index is 1290. The summed E-state index contributed by atoms with van der Waals surface area (Å²) in [6, 6.07) is -0.923. The number of quaternary nitrogens is 1. The molecule has 0 radical (unpaired) electrons. The molecule has 0 heterocycles. The van der Waals surface area contributed by atoms with E-state index in [2.05, 4.69) is 104 Å². The van der Waals surface area contributed by atoms with Crippen LogP contribution in [-0.2, 0) is 18.4 Å². The SMILES string of the molecule is CC/C=C\C/C=C\C/C=C\C/C=C\C/C=C\C/C=C\C/C=C\CCCC(=O)NC(COP(=O)([O-])OCC[N+](C)(C)C)C(O)/C=C/CCCCCCCCCCCCCCC. The molecule has 344 valence electrons. The van der Waals surface area contributed by atoms with Crippen LogP contribution in [0.25, 0.3) is 0 Å². The third-order valence-corrected chi connectivity index (χ3v) is 10.8. The van der Waals surface area contributed by atoms with Gasteiger partial charge in [0.05, 0.1) is 39.9 Å². The first-order chi connectivity index (χ1) is 29.0. The van der Waals surface area contributed by atoms with Crippen LogP contribution in [0.5, 0.6) is 0 Å². The van der Waals surface area contributed by atoms with Crippen molar-refractivity contribution >= 4 is 13.7 Å². The van der Waals surface area contributed by atoms with Crippen molar-refractivity contribution in [2.75, 3.05) is 40.9 Å². The number of allylic oxidation sites excluding steroid dienone is 15. The van der Waals surface area contributed by atoms with Gasteiger partial charge >= 0.3 is 0 Å². The third kappa shape index (κ3) is 43.5. The molecule has 60 heavy (non-hydrogen) atoms. The molecule has 0 saturated heterocycles. The zero-order valence-electron chi connectivity index (χ0n) is 38.9. The Kier molecular flexibility index (Phi) is 40.0. The summed E-state index contributed by atoms with van der Waals surface area (Å²) in [5.41, 5.74) is 0. The first-order valence-electron chi connectivity index (χ1n) is 23.6. The molecule has 0 aliphatic carbocycles. The van der Waals surface area contributed by atoms with Crippen LogP contribution in [0.2, 0.25) is 0 Å². The standard InChI is InChI=1S/C51H89N2O6P/c1-6-8-10-12-14-16-18-20-22-23-24-25-26-27-28-29-31-33-35-37-39-41-43-45-51(55)52-49(48-59-60(56,57)58-47-46-53(3,4)5)50(54)44-42-40-38-36-34-32-30-21-19-17-15-13-11-9-7-2/h8,10,14,16,20,22,24-25,27-28,31,33,37,39,42,44,49-50,54H,6-7,9,11-13,15,17-19,21,23,26,29-30,32,34-36,38,40-41,43,45-48H2,1-5H3,(H-,52,55,56,57)/b10-8-,16-14-,22-20-,25-24-,28-27-,33-31-,39-37-,44-42+. The molecule has 0 aromatic heterocycles. The molecule has 0 aliphatic heterocycles. The summed E-state index contributed by atoms with van der Waals surface area (Å²) >= 11 is 0. The number of carbonyl (C=O) groups excluding carboxylic acids is 1. The Morgan fingerprint density at radius 3 is 1.47 bits per heavy atom. The molecule has 0 spiro atoms. The number of aliphatic hydroxyl groups excluding tert-OH is 1. The lowest BCUT2D eigenvalue weighted by Gasteiger charge is -2.29. The lowest BCUT2D eigenvalue weighted by molar-refractivity contribution is -0.870. The molecule has 0 rings (SSSR count). The Hall–Kier alpha value is -2.58. The van der Waals surface area contributed by atoms with Gasteiger partial charge < -0.3 is 28.8 Å². The number of hydrogen-bond donors (Lipinski definition) is 2. The molecule has 1 amide bonds. The van der Waals surface area contributed by atoms with Crippen LogP contribution in [-0.4, -0.2) is 68.5 Å². The van der Waals surface area contributed by atoms with Crippen molar-refractivity contribution < 1.29 is 32.9 Å². The highest BCUT2D eigenvalue weighted by Crippen LogP contribution is 2.38. The number of nitrogens with zero attached hydrogens (tertiary/aromatic N) is 1. The largest absolute Gasteiger partial charge is 0.756 e. The first-order valence-corrected chi connectivity index (χ1v) is 25.1. The summed E-state index contributed by atoms with van der Waals surface area (Å²) in [7, 11) is 1.21. The molecular weight excluding hydrogens is 768 g/mol. The van der Waals surface area contributed by atoms with Gasteiger partial charge in [-0.15, -0.1) is 0 Å². The molecule has 0 aromatic rings. The van der Waals surface area contributed by atoms with E-state index < -0.39 is 26.6 Å². The summed E-state index contributed by atoms with van der Waals surface area (Å²) in [6.07, 6.45) is 58.9. The molecule has 0 saturated carbocycles. The maximum absolute atomic E-state index is 12.9. The molecule has 8 nitrogen and oxygen atoms in total. The van der Waals surface area contributed by atoms with Crippen LogP contribution >= 0.6 is 7.82 Å². The molecule has 9 heteroatoms. The number of likely N-dealkylation sites (N-methyl/N-ethyl adjacent to an activating group) is 1. The molecule has 0 bridgehead atoms. The molecule has 0 fully saturated rings. The average Bonchev–Trinajstić information content (AvgIpc) is 3.20. The van der Waals surface area contributed by atoms with Crippen LogP contribution in [0.1, 0.15) is 168 Å². The van der Waals surface area contributed by atoms with E-state index in [1.54, 1.807) is 6.08 Å². The molecular formula is C51H89N2O6P. The maximum Gasteiger partial charge on any atom is 0.268 e. The van der Waals surface area contributed by atoms with E-state index in [9.17, 15) is 19.4 Å². The third-order valence-electron chi connectivity index (χ3n) is 9.80. The number of rotatable bonds is 41. The molecule has 2 N–H and O–H groups in total. The Balaban J connectivity index is 4.52. The van der Waals surface area contributed by atoms with Gasteiger partial charge in [0.15, 0.2) is 0 Å². The Morgan fingerprint density at radius 1 is 0.600 bits per heavy atom. The summed E-state index contributed by atoms with van der Waals surface area (Å²) in [5.74, 6) is -0.260. The number of carbonyl (C=O) groups is 1. The number of nitrogens with one attached hydrogen (secondary N) is 1. The highest BCUT2D eigenvalue weighted by atomic mass is 31.2. The predicted molar refractivity (Wildman–Crippen MR) is 256 cm³/mol. The van der Waals surface area contributed by atoms with Crippen LogP contribution in [0.15, 0.2) is 97.2 Å². The second-order valence-corrected chi connectivity index (χ2v) is 18.1. The average molecular weight is 857 g/mol. The van der Waals surface area contributed by atoms with Crippen molar-refractivity contribution in [2.24, 2.45) is 0 Å². The summed E-state index contributed by atoms with van der Waals surface area (Å²) in [5, 5.41) is 13.8. The lowest BCUT2D eigenvalue weighted by atomic mass is 10.0. The Labute approximate surface area is 369 Å². The molecule has 3 atom stereocenters. The van der Waals surface area contributed by atoms with Gasteiger partial charge in [0.1, 0.15) is 13.2 Å². The molecule has 0 aliphatic rings. The maximum atomic E-state index is 12.9. The minimum atomic E-state index is -4.61. The van der Waals surface area contributed by atoms with Crippen molar-refractivity contribution in [1.29, 1.82) is 0 Å². The fourth-order valence-corrected chi connectivity index (χ4v) is 6.80. The van der Waals surface area contributed by atoms with E-state index in [4.69, 9.17) is 9.05 Å². The summed E-state index contributed by atoms with van der Waals surface area (Å²) in [6.45, 7) is 4.46. The summed E-state index contributed by atoms with van der Waals surface area (Å²) in [4.78, 5) is 25.3.